The smallest absolute Gasteiger partial charge is 0.229 e. The number of amides is 1. The number of hydrogen-bond donors (Lipinski definition) is 2. The van der Waals surface area contributed by atoms with Gasteiger partial charge in [-0.25, -0.2) is 4.98 Å². The fraction of sp³-hybridized carbons (Fsp3) is 0.294. The summed E-state index contributed by atoms with van der Waals surface area (Å²) >= 11 is 5.94. The molecule has 1 aromatic carbocycles. The zero-order valence-electron chi connectivity index (χ0n) is 13.2. The molecule has 0 spiro atoms. The van der Waals surface area contributed by atoms with Gasteiger partial charge < -0.3 is 10.6 Å². The lowest BCUT2D eigenvalue weighted by atomic mass is 9.96. The summed E-state index contributed by atoms with van der Waals surface area (Å²) in [4.78, 5) is 16.2. The molecule has 0 aliphatic carbocycles. The first-order valence-electron chi connectivity index (χ1n) is 7.06. The quantitative estimate of drug-likeness (QED) is 0.857. The number of rotatable bonds is 3. The number of halogens is 1. The number of benzene rings is 1. The van der Waals surface area contributed by atoms with Gasteiger partial charge in [-0.3, -0.25) is 4.79 Å². The van der Waals surface area contributed by atoms with Gasteiger partial charge in [-0.15, -0.1) is 0 Å². The Morgan fingerprint density at radius 2 is 1.91 bits per heavy atom. The highest BCUT2D eigenvalue weighted by Crippen LogP contribution is 2.23. The molecule has 0 atom stereocenters. The SMILES string of the molecule is Cc1cc(Cl)ccc1Nc1ccc(NC(=O)C(C)(C)C)cn1. The highest BCUT2D eigenvalue weighted by Gasteiger charge is 2.21. The number of anilines is 3. The summed E-state index contributed by atoms with van der Waals surface area (Å²) in [6.45, 7) is 7.59. The van der Waals surface area contributed by atoms with Gasteiger partial charge in [0, 0.05) is 16.1 Å². The molecule has 0 unspecified atom stereocenters. The number of hydrogen-bond acceptors (Lipinski definition) is 3. The van der Waals surface area contributed by atoms with Crippen LogP contribution in [0.3, 0.4) is 0 Å². The Morgan fingerprint density at radius 3 is 2.45 bits per heavy atom. The number of pyridine rings is 1. The van der Waals surface area contributed by atoms with Gasteiger partial charge in [0.15, 0.2) is 0 Å². The average Bonchev–Trinajstić information content (AvgIpc) is 2.43. The molecule has 2 N–H and O–H groups in total. The Hall–Kier alpha value is -2.07. The van der Waals surface area contributed by atoms with Crippen molar-refractivity contribution in [1.29, 1.82) is 0 Å². The van der Waals surface area contributed by atoms with Crippen LogP contribution in [0.15, 0.2) is 36.5 Å². The normalized spacial score (nSPS) is 11.1. The lowest BCUT2D eigenvalue weighted by Crippen LogP contribution is -2.27. The Labute approximate surface area is 135 Å². The van der Waals surface area contributed by atoms with E-state index in [0.717, 1.165) is 11.3 Å². The van der Waals surface area contributed by atoms with E-state index >= 15 is 0 Å². The summed E-state index contributed by atoms with van der Waals surface area (Å²) in [5, 5.41) is 6.78. The predicted octanol–water partition coefficient (Wildman–Crippen LogP) is 4.77. The average molecular weight is 318 g/mol. The van der Waals surface area contributed by atoms with Gasteiger partial charge in [-0.1, -0.05) is 32.4 Å². The van der Waals surface area contributed by atoms with E-state index < -0.39 is 5.41 Å². The topological polar surface area (TPSA) is 54.0 Å². The minimum Gasteiger partial charge on any atom is -0.340 e. The molecule has 4 nitrogen and oxygen atoms in total. The van der Waals surface area contributed by atoms with E-state index in [1.807, 2.05) is 58.0 Å². The maximum absolute atomic E-state index is 11.9. The van der Waals surface area contributed by atoms with Crippen molar-refractivity contribution in [3.8, 4) is 0 Å². The van der Waals surface area contributed by atoms with Crippen LogP contribution < -0.4 is 10.6 Å². The van der Waals surface area contributed by atoms with E-state index in [1.165, 1.54) is 0 Å². The number of aromatic nitrogens is 1. The van der Waals surface area contributed by atoms with Crippen molar-refractivity contribution >= 4 is 34.7 Å². The largest absolute Gasteiger partial charge is 0.340 e. The van der Waals surface area contributed by atoms with Crippen LogP contribution in [0.1, 0.15) is 26.3 Å². The first kappa shape index (κ1) is 16.3. The second kappa shape index (κ2) is 6.36. The molecule has 0 fully saturated rings. The minimum atomic E-state index is -0.433. The van der Waals surface area contributed by atoms with Crippen molar-refractivity contribution in [3.05, 3.63) is 47.1 Å². The molecular weight excluding hydrogens is 298 g/mol. The number of aryl methyl sites for hydroxylation is 1. The standard InChI is InChI=1S/C17H20ClN3O/c1-11-9-12(18)5-7-14(11)21-15-8-6-13(10-19-15)20-16(22)17(2,3)4/h5-10H,1-4H3,(H,19,21)(H,20,22). The van der Waals surface area contributed by atoms with E-state index in [2.05, 4.69) is 15.6 Å². The lowest BCUT2D eigenvalue weighted by molar-refractivity contribution is -0.123. The summed E-state index contributed by atoms with van der Waals surface area (Å²) < 4.78 is 0. The number of nitrogens with zero attached hydrogens (tertiary/aromatic N) is 1. The first-order chi connectivity index (χ1) is 10.3. The van der Waals surface area contributed by atoms with E-state index in [1.54, 1.807) is 6.20 Å². The molecule has 0 saturated heterocycles. The molecule has 5 heteroatoms. The van der Waals surface area contributed by atoms with Crippen molar-refractivity contribution in [2.75, 3.05) is 10.6 Å². The Kier molecular flexibility index (Phi) is 4.71. The summed E-state index contributed by atoms with van der Waals surface area (Å²) in [5.74, 6) is 0.669. The maximum Gasteiger partial charge on any atom is 0.229 e. The second-order valence-electron chi connectivity index (χ2n) is 6.22. The monoisotopic (exact) mass is 317 g/mol. The molecule has 1 heterocycles. The van der Waals surface area contributed by atoms with Gasteiger partial charge in [-0.05, 0) is 42.8 Å². The van der Waals surface area contributed by atoms with E-state index in [-0.39, 0.29) is 5.91 Å². The van der Waals surface area contributed by atoms with E-state index in [4.69, 9.17) is 11.6 Å². The van der Waals surface area contributed by atoms with Crippen LogP contribution >= 0.6 is 11.6 Å². The van der Waals surface area contributed by atoms with Gasteiger partial charge in [0.1, 0.15) is 5.82 Å². The number of carbonyl (C=O) groups is 1. The Morgan fingerprint density at radius 1 is 1.18 bits per heavy atom. The second-order valence-corrected chi connectivity index (χ2v) is 6.66. The minimum absolute atomic E-state index is 0.0384. The molecule has 2 aromatic rings. The van der Waals surface area contributed by atoms with Crippen LogP contribution in [-0.2, 0) is 4.79 Å². The Bertz CT molecular complexity index is 675. The first-order valence-corrected chi connectivity index (χ1v) is 7.44. The van der Waals surface area contributed by atoms with Crippen molar-refractivity contribution in [1.82, 2.24) is 4.98 Å². The van der Waals surface area contributed by atoms with Crippen LogP contribution in [0, 0.1) is 12.3 Å². The van der Waals surface area contributed by atoms with Crippen LogP contribution in [0.25, 0.3) is 0 Å². The van der Waals surface area contributed by atoms with Gasteiger partial charge in [0.2, 0.25) is 5.91 Å². The fourth-order valence-electron chi connectivity index (χ4n) is 1.77. The van der Waals surface area contributed by atoms with Crippen molar-refractivity contribution < 1.29 is 4.79 Å². The van der Waals surface area contributed by atoms with Gasteiger partial charge in [-0.2, -0.15) is 0 Å². The molecule has 2 rings (SSSR count). The number of nitrogens with one attached hydrogen (secondary N) is 2. The molecule has 0 bridgehead atoms. The van der Waals surface area contributed by atoms with Gasteiger partial charge >= 0.3 is 0 Å². The highest BCUT2D eigenvalue weighted by atomic mass is 35.5. The lowest BCUT2D eigenvalue weighted by Gasteiger charge is -2.17. The van der Waals surface area contributed by atoms with Crippen LogP contribution in [0.2, 0.25) is 5.02 Å². The van der Waals surface area contributed by atoms with E-state index in [9.17, 15) is 4.79 Å². The molecule has 1 aromatic heterocycles. The molecule has 1 amide bonds. The third-order valence-electron chi connectivity index (χ3n) is 3.15. The zero-order chi connectivity index (χ0) is 16.3. The highest BCUT2D eigenvalue weighted by molar-refractivity contribution is 6.30. The Balaban J connectivity index is 2.07. The van der Waals surface area contributed by atoms with Crippen molar-refractivity contribution in [2.45, 2.75) is 27.7 Å². The summed E-state index contributed by atoms with van der Waals surface area (Å²) in [5.41, 5.74) is 2.23. The fourth-order valence-corrected chi connectivity index (χ4v) is 1.99. The summed E-state index contributed by atoms with van der Waals surface area (Å²) in [6, 6.07) is 9.28. The van der Waals surface area contributed by atoms with Gasteiger partial charge in [0.25, 0.3) is 0 Å². The number of carbonyl (C=O) groups excluding carboxylic acids is 1. The molecular formula is C17H20ClN3O. The van der Waals surface area contributed by atoms with Crippen LogP contribution in [0.5, 0.6) is 0 Å². The molecule has 0 aliphatic rings. The van der Waals surface area contributed by atoms with E-state index in [0.29, 0.717) is 16.5 Å². The summed E-state index contributed by atoms with van der Waals surface area (Å²) in [7, 11) is 0. The van der Waals surface area contributed by atoms with Gasteiger partial charge in [0.05, 0.1) is 11.9 Å². The van der Waals surface area contributed by atoms with Crippen molar-refractivity contribution in [3.63, 3.8) is 0 Å². The van der Waals surface area contributed by atoms with Crippen LogP contribution in [0.4, 0.5) is 17.2 Å². The molecule has 0 radical (unpaired) electrons. The molecule has 116 valence electrons. The molecule has 0 aliphatic heterocycles. The third-order valence-corrected chi connectivity index (χ3v) is 3.39. The predicted molar refractivity (Wildman–Crippen MR) is 91.8 cm³/mol. The maximum atomic E-state index is 11.9. The van der Waals surface area contributed by atoms with Crippen molar-refractivity contribution in [2.24, 2.45) is 5.41 Å². The summed E-state index contributed by atoms with van der Waals surface area (Å²) in [6.07, 6.45) is 1.64. The van der Waals surface area contributed by atoms with Crippen LogP contribution in [-0.4, -0.2) is 10.9 Å². The third kappa shape index (κ3) is 4.21. The molecule has 0 saturated carbocycles. The molecule has 22 heavy (non-hydrogen) atoms. The zero-order valence-corrected chi connectivity index (χ0v) is 14.0.